The van der Waals surface area contributed by atoms with E-state index in [0.29, 0.717) is 6.61 Å². The zero-order chi connectivity index (χ0) is 22.8. The number of hydrogen-bond donors (Lipinski definition) is 2. The Labute approximate surface area is 216 Å². The van der Waals surface area contributed by atoms with Crippen molar-refractivity contribution in [2.24, 2.45) is 4.99 Å². The Kier molecular flexibility index (Phi) is 11.4. The molecule has 182 valence electrons. The third-order valence-electron chi connectivity index (χ3n) is 6.08. The summed E-state index contributed by atoms with van der Waals surface area (Å²) in [6, 6.07) is 19.1. The van der Waals surface area contributed by atoms with Crippen LogP contribution in [0.4, 0.5) is 0 Å². The highest BCUT2D eigenvalue weighted by Crippen LogP contribution is 2.25. The zero-order valence-corrected chi connectivity index (χ0v) is 22.7. The second kappa shape index (κ2) is 13.8. The van der Waals surface area contributed by atoms with Gasteiger partial charge >= 0.3 is 0 Å². The maximum absolute atomic E-state index is 5.68. The van der Waals surface area contributed by atoms with E-state index in [9.17, 15) is 0 Å². The fourth-order valence-corrected chi connectivity index (χ4v) is 4.26. The van der Waals surface area contributed by atoms with Gasteiger partial charge in [-0.2, -0.15) is 0 Å². The highest BCUT2D eigenvalue weighted by atomic mass is 127. The Bertz CT molecular complexity index is 839. The van der Waals surface area contributed by atoms with Gasteiger partial charge in [-0.3, -0.25) is 4.99 Å². The van der Waals surface area contributed by atoms with E-state index < -0.39 is 0 Å². The topological polar surface area (TPSA) is 58.1 Å². The lowest BCUT2D eigenvalue weighted by Crippen LogP contribution is -2.58. The molecule has 0 bridgehead atoms. The second-order valence-corrected chi connectivity index (χ2v) is 8.50. The van der Waals surface area contributed by atoms with Crippen molar-refractivity contribution in [1.82, 2.24) is 15.5 Å². The maximum Gasteiger partial charge on any atom is 0.193 e. The number of rotatable bonds is 9. The van der Waals surface area contributed by atoms with Gasteiger partial charge in [-0.05, 0) is 49.9 Å². The van der Waals surface area contributed by atoms with Crippen LogP contribution in [0.1, 0.15) is 43.9 Å². The fourth-order valence-electron chi connectivity index (χ4n) is 4.26. The number of hydrogen-bond acceptors (Lipinski definition) is 4. The first-order chi connectivity index (χ1) is 15.5. The van der Waals surface area contributed by atoms with Gasteiger partial charge in [0.15, 0.2) is 5.96 Å². The number of ether oxygens (including phenoxy) is 2. The summed E-state index contributed by atoms with van der Waals surface area (Å²) in [6.45, 7) is 8.04. The van der Waals surface area contributed by atoms with Gasteiger partial charge in [-0.25, -0.2) is 0 Å². The molecule has 0 aromatic heterocycles. The van der Waals surface area contributed by atoms with Gasteiger partial charge in [0.05, 0.1) is 6.61 Å². The monoisotopic (exact) mass is 566 g/mol. The summed E-state index contributed by atoms with van der Waals surface area (Å²) in [6.07, 6.45) is 1.94. The van der Waals surface area contributed by atoms with Crippen LogP contribution in [0.15, 0.2) is 59.6 Å². The standard InChI is InChI=1S/C26H38N4O2.HI/c1-5-32-24-13-11-22(12-14-24)19-30(4)25(27-3)28-20-26(15-17-31-18-16-26)29-21(2)23-9-7-6-8-10-23;/h6-14,21,29H,5,15-20H2,1-4H3,(H,27,28);1H. The summed E-state index contributed by atoms with van der Waals surface area (Å²) >= 11 is 0. The van der Waals surface area contributed by atoms with Crippen molar-refractivity contribution in [1.29, 1.82) is 0 Å². The summed E-state index contributed by atoms with van der Waals surface area (Å²) in [4.78, 5) is 6.69. The van der Waals surface area contributed by atoms with Crippen LogP contribution >= 0.6 is 24.0 Å². The van der Waals surface area contributed by atoms with E-state index in [4.69, 9.17) is 9.47 Å². The van der Waals surface area contributed by atoms with Crippen LogP contribution in [0.25, 0.3) is 0 Å². The van der Waals surface area contributed by atoms with Crippen molar-refractivity contribution in [3.05, 3.63) is 65.7 Å². The normalized spacial score (nSPS) is 16.4. The summed E-state index contributed by atoms with van der Waals surface area (Å²) in [5.41, 5.74) is 2.48. The average molecular weight is 567 g/mol. The van der Waals surface area contributed by atoms with E-state index in [-0.39, 0.29) is 35.6 Å². The number of nitrogens with one attached hydrogen (secondary N) is 2. The lowest BCUT2D eigenvalue weighted by Gasteiger charge is -2.41. The molecular formula is C26H39IN4O2. The van der Waals surface area contributed by atoms with E-state index in [1.165, 1.54) is 11.1 Å². The van der Waals surface area contributed by atoms with Crippen LogP contribution in [0, 0.1) is 0 Å². The van der Waals surface area contributed by atoms with E-state index in [1.807, 2.05) is 26.1 Å². The first-order valence-electron chi connectivity index (χ1n) is 11.6. The van der Waals surface area contributed by atoms with E-state index in [0.717, 1.165) is 50.9 Å². The molecule has 1 unspecified atom stereocenters. The van der Waals surface area contributed by atoms with Crippen molar-refractivity contribution in [2.45, 2.75) is 44.8 Å². The Morgan fingerprint density at radius 3 is 2.39 bits per heavy atom. The molecule has 3 rings (SSSR count). The second-order valence-electron chi connectivity index (χ2n) is 8.50. The largest absolute Gasteiger partial charge is 0.494 e. The van der Waals surface area contributed by atoms with Gasteiger partial charge < -0.3 is 25.0 Å². The molecule has 0 spiro atoms. The molecule has 0 saturated carbocycles. The lowest BCUT2D eigenvalue weighted by atomic mass is 9.88. The molecule has 33 heavy (non-hydrogen) atoms. The van der Waals surface area contributed by atoms with E-state index in [1.54, 1.807) is 0 Å². The minimum Gasteiger partial charge on any atom is -0.494 e. The SMILES string of the molecule is CCOc1ccc(CN(C)C(=NC)NCC2(NC(C)c3ccccc3)CCOCC2)cc1.I. The summed E-state index contributed by atoms with van der Waals surface area (Å²) in [5, 5.41) is 7.53. The molecule has 2 N–H and O–H groups in total. The minimum absolute atomic E-state index is 0. The van der Waals surface area contributed by atoms with Crippen molar-refractivity contribution < 1.29 is 9.47 Å². The molecule has 1 aliphatic rings. The van der Waals surface area contributed by atoms with Gasteiger partial charge in [-0.15, -0.1) is 24.0 Å². The van der Waals surface area contributed by atoms with Crippen LogP contribution in [-0.2, 0) is 11.3 Å². The third-order valence-corrected chi connectivity index (χ3v) is 6.08. The van der Waals surface area contributed by atoms with Crippen molar-refractivity contribution in [3.63, 3.8) is 0 Å². The lowest BCUT2D eigenvalue weighted by molar-refractivity contribution is 0.0353. The minimum atomic E-state index is -0.0383. The van der Waals surface area contributed by atoms with E-state index in [2.05, 4.69) is 77.0 Å². The molecule has 1 aliphatic heterocycles. The van der Waals surface area contributed by atoms with Crippen LogP contribution in [0.5, 0.6) is 5.75 Å². The first-order valence-corrected chi connectivity index (χ1v) is 11.6. The van der Waals surface area contributed by atoms with Crippen LogP contribution < -0.4 is 15.4 Å². The molecule has 2 aromatic carbocycles. The fraction of sp³-hybridized carbons (Fsp3) is 0.500. The highest BCUT2D eigenvalue weighted by molar-refractivity contribution is 14.0. The molecule has 0 radical (unpaired) electrons. The number of halogens is 1. The summed E-state index contributed by atoms with van der Waals surface area (Å²) in [5.74, 6) is 1.79. The molecule has 0 aliphatic carbocycles. The summed E-state index contributed by atoms with van der Waals surface area (Å²) < 4.78 is 11.2. The van der Waals surface area contributed by atoms with Crippen LogP contribution in [-0.4, -0.2) is 56.9 Å². The maximum atomic E-state index is 5.68. The molecule has 1 heterocycles. The Balaban J connectivity index is 0.00000385. The highest BCUT2D eigenvalue weighted by Gasteiger charge is 2.34. The Morgan fingerprint density at radius 1 is 1.12 bits per heavy atom. The quantitative estimate of drug-likeness (QED) is 0.264. The molecule has 0 amide bonds. The van der Waals surface area contributed by atoms with Crippen LogP contribution in [0.3, 0.4) is 0 Å². The van der Waals surface area contributed by atoms with E-state index >= 15 is 0 Å². The molecule has 1 fully saturated rings. The van der Waals surface area contributed by atoms with Crippen molar-refractivity contribution in [3.8, 4) is 5.75 Å². The van der Waals surface area contributed by atoms with Gasteiger partial charge in [0.1, 0.15) is 5.75 Å². The van der Waals surface area contributed by atoms with Crippen molar-refractivity contribution in [2.75, 3.05) is 40.5 Å². The smallest absolute Gasteiger partial charge is 0.193 e. The van der Waals surface area contributed by atoms with Gasteiger partial charge in [0.2, 0.25) is 0 Å². The van der Waals surface area contributed by atoms with Gasteiger partial charge in [-0.1, -0.05) is 42.5 Å². The van der Waals surface area contributed by atoms with Crippen molar-refractivity contribution >= 4 is 29.9 Å². The molecule has 2 aromatic rings. The number of aliphatic imine (C=N–C) groups is 1. The predicted molar refractivity (Wildman–Crippen MR) is 147 cm³/mol. The van der Waals surface area contributed by atoms with Crippen LogP contribution in [0.2, 0.25) is 0 Å². The molecular weight excluding hydrogens is 527 g/mol. The number of guanidine groups is 1. The zero-order valence-electron chi connectivity index (χ0n) is 20.3. The Hall–Kier alpha value is -1.84. The Morgan fingerprint density at radius 2 is 1.79 bits per heavy atom. The molecule has 1 saturated heterocycles. The molecule has 1 atom stereocenters. The summed E-state index contributed by atoms with van der Waals surface area (Å²) in [7, 11) is 3.91. The number of nitrogens with zero attached hydrogens (tertiary/aromatic N) is 2. The predicted octanol–water partition coefficient (Wildman–Crippen LogP) is 4.61. The molecule has 7 heteroatoms. The van der Waals surface area contributed by atoms with Gasteiger partial charge in [0.25, 0.3) is 0 Å². The molecule has 6 nitrogen and oxygen atoms in total. The van der Waals surface area contributed by atoms with Gasteiger partial charge in [0, 0.05) is 52.0 Å². The average Bonchev–Trinajstić information content (AvgIpc) is 2.82. The number of benzene rings is 2. The third kappa shape index (κ3) is 8.15. The first kappa shape index (κ1) is 27.4.